The van der Waals surface area contributed by atoms with Crippen LogP contribution in [0.4, 0.5) is 0 Å². The van der Waals surface area contributed by atoms with Crippen LogP contribution in [-0.4, -0.2) is 18.6 Å². The van der Waals surface area contributed by atoms with E-state index in [0.29, 0.717) is 5.78 Å². The van der Waals surface area contributed by atoms with E-state index in [1.54, 1.807) is 0 Å². The van der Waals surface area contributed by atoms with Crippen molar-refractivity contribution in [2.24, 2.45) is 5.92 Å². The van der Waals surface area contributed by atoms with Crippen LogP contribution in [0.1, 0.15) is 46.0 Å². The number of Topliss-reactive ketones (excluding diaryl/α,β-unsaturated/α-hetero) is 1. The molecule has 2 aliphatic rings. The molecular formula is C15H23NO2. The molecule has 0 aromatic carbocycles. The van der Waals surface area contributed by atoms with Crippen molar-refractivity contribution in [3.8, 4) is 0 Å². The van der Waals surface area contributed by atoms with Gasteiger partial charge in [0, 0.05) is 12.0 Å². The summed E-state index contributed by atoms with van der Waals surface area (Å²) in [5.41, 5.74) is 0.853. The number of ether oxygens (including phenoxy) is 1. The third kappa shape index (κ3) is 2.83. The summed E-state index contributed by atoms with van der Waals surface area (Å²) in [6.07, 6.45) is 9.35. The Bertz CT molecular complexity index is 371. The summed E-state index contributed by atoms with van der Waals surface area (Å²) >= 11 is 0. The van der Waals surface area contributed by atoms with Crippen molar-refractivity contribution in [1.82, 2.24) is 5.32 Å². The van der Waals surface area contributed by atoms with E-state index in [1.807, 2.05) is 13.8 Å². The minimum atomic E-state index is -0.0632. The number of nitrogens with one attached hydrogen (secondary N) is 1. The normalized spacial score (nSPS) is 27.8. The molecule has 2 rings (SSSR count). The van der Waals surface area contributed by atoms with Crippen LogP contribution in [0.5, 0.6) is 0 Å². The second-order valence-corrected chi connectivity index (χ2v) is 5.11. The Kier molecular flexibility index (Phi) is 4.59. The Labute approximate surface area is 109 Å². The number of unbranched alkanes of at least 4 members (excludes halogenated alkanes) is 2. The molecule has 0 saturated carbocycles. The maximum atomic E-state index is 12.2. The van der Waals surface area contributed by atoms with Crippen molar-refractivity contribution in [2.45, 2.75) is 52.2 Å². The van der Waals surface area contributed by atoms with Gasteiger partial charge in [-0.15, -0.1) is 0 Å². The molecule has 1 N–H and O–H groups in total. The van der Waals surface area contributed by atoms with Gasteiger partial charge in [-0.25, -0.2) is 0 Å². The highest BCUT2D eigenvalue weighted by atomic mass is 16.5. The quantitative estimate of drug-likeness (QED) is 0.601. The van der Waals surface area contributed by atoms with Gasteiger partial charge in [-0.3, -0.25) is 10.1 Å². The van der Waals surface area contributed by atoms with Crippen LogP contribution in [0, 0.1) is 5.92 Å². The second kappa shape index (κ2) is 6.19. The summed E-state index contributed by atoms with van der Waals surface area (Å²) in [6, 6.07) is 0. The van der Waals surface area contributed by atoms with E-state index in [9.17, 15) is 4.79 Å². The third-order valence-corrected chi connectivity index (χ3v) is 3.82. The van der Waals surface area contributed by atoms with Crippen molar-refractivity contribution in [2.75, 3.05) is 6.54 Å². The molecule has 2 aliphatic heterocycles. The highest BCUT2D eigenvalue weighted by Crippen LogP contribution is 2.31. The van der Waals surface area contributed by atoms with Gasteiger partial charge >= 0.3 is 0 Å². The zero-order chi connectivity index (χ0) is 13.0. The van der Waals surface area contributed by atoms with Gasteiger partial charge in [0.25, 0.3) is 0 Å². The molecule has 0 bridgehead atoms. The highest BCUT2D eigenvalue weighted by Gasteiger charge is 2.39. The molecule has 0 radical (unpaired) electrons. The SMILES string of the molecule is C/C=C/CCCCC1=C(C)C(=O)[C@@H]2CCN[C@@H]2O1. The van der Waals surface area contributed by atoms with Crippen LogP contribution < -0.4 is 5.32 Å². The van der Waals surface area contributed by atoms with E-state index in [2.05, 4.69) is 17.5 Å². The minimum Gasteiger partial charge on any atom is -0.478 e. The average molecular weight is 249 g/mol. The minimum absolute atomic E-state index is 0.0526. The molecule has 3 heteroatoms. The fourth-order valence-electron chi connectivity index (χ4n) is 2.69. The van der Waals surface area contributed by atoms with E-state index in [1.165, 1.54) is 0 Å². The zero-order valence-corrected chi connectivity index (χ0v) is 11.4. The van der Waals surface area contributed by atoms with Crippen molar-refractivity contribution in [1.29, 1.82) is 0 Å². The Hall–Kier alpha value is -1.09. The Morgan fingerprint density at radius 2 is 2.28 bits per heavy atom. The number of hydrogen-bond acceptors (Lipinski definition) is 3. The average Bonchev–Trinajstić information content (AvgIpc) is 2.83. The molecule has 1 fully saturated rings. The lowest BCUT2D eigenvalue weighted by Crippen LogP contribution is -2.38. The van der Waals surface area contributed by atoms with Crippen molar-refractivity contribution < 1.29 is 9.53 Å². The number of carbonyl (C=O) groups is 1. The maximum Gasteiger partial charge on any atom is 0.170 e. The summed E-state index contributed by atoms with van der Waals surface area (Å²) in [5, 5.41) is 3.26. The topological polar surface area (TPSA) is 38.3 Å². The van der Waals surface area contributed by atoms with E-state index >= 15 is 0 Å². The molecule has 0 aromatic heterocycles. The molecule has 3 nitrogen and oxygen atoms in total. The number of rotatable bonds is 5. The number of carbonyl (C=O) groups excluding carboxylic acids is 1. The summed E-state index contributed by atoms with van der Waals surface area (Å²) in [5.74, 6) is 1.26. The van der Waals surface area contributed by atoms with Crippen molar-refractivity contribution in [3.63, 3.8) is 0 Å². The summed E-state index contributed by atoms with van der Waals surface area (Å²) < 4.78 is 5.93. The molecule has 0 spiro atoms. The first-order valence-corrected chi connectivity index (χ1v) is 6.99. The van der Waals surface area contributed by atoms with Gasteiger partial charge in [0.2, 0.25) is 0 Å². The molecule has 0 unspecified atom stereocenters. The Morgan fingerprint density at radius 3 is 3.06 bits per heavy atom. The van der Waals surface area contributed by atoms with Crippen LogP contribution in [0.15, 0.2) is 23.5 Å². The van der Waals surface area contributed by atoms with Gasteiger partial charge in [-0.05, 0) is 46.1 Å². The van der Waals surface area contributed by atoms with Gasteiger partial charge < -0.3 is 4.74 Å². The number of fused-ring (bicyclic) bond motifs is 1. The van der Waals surface area contributed by atoms with Crippen LogP contribution in [0.2, 0.25) is 0 Å². The predicted molar refractivity (Wildman–Crippen MR) is 72.0 cm³/mol. The van der Waals surface area contributed by atoms with Crippen LogP contribution in [0.25, 0.3) is 0 Å². The smallest absolute Gasteiger partial charge is 0.170 e. The summed E-state index contributed by atoms with van der Waals surface area (Å²) in [7, 11) is 0. The molecule has 1 saturated heterocycles. The Morgan fingerprint density at radius 1 is 1.44 bits per heavy atom. The van der Waals surface area contributed by atoms with Crippen molar-refractivity contribution in [3.05, 3.63) is 23.5 Å². The fourth-order valence-corrected chi connectivity index (χ4v) is 2.69. The van der Waals surface area contributed by atoms with Gasteiger partial charge in [0.05, 0.1) is 5.92 Å². The lowest BCUT2D eigenvalue weighted by atomic mass is 9.92. The maximum absolute atomic E-state index is 12.2. The van der Waals surface area contributed by atoms with Gasteiger partial charge in [0.15, 0.2) is 12.0 Å². The fraction of sp³-hybridized carbons (Fsp3) is 0.667. The molecular weight excluding hydrogens is 226 g/mol. The molecule has 0 amide bonds. The molecule has 0 aliphatic carbocycles. The highest BCUT2D eigenvalue weighted by molar-refractivity contribution is 5.98. The largest absolute Gasteiger partial charge is 0.478 e. The predicted octanol–water partition coefficient (Wildman–Crippen LogP) is 2.93. The number of ketones is 1. The van der Waals surface area contributed by atoms with Crippen molar-refractivity contribution >= 4 is 5.78 Å². The number of allylic oxidation sites excluding steroid dienone is 4. The van der Waals surface area contributed by atoms with E-state index in [0.717, 1.165) is 50.0 Å². The Balaban J connectivity index is 1.89. The van der Waals surface area contributed by atoms with Crippen LogP contribution in [-0.2, 0) is 9.53 Å². The third-order valence-electron chi connectivity index (χ3n) is 3.82. The van der Waals surface area contributed by atoms with E-state index in [4.69, 9.17) is 4.74 Å². The van der Waals surface area contributed by atoms with Crippen LogP contribution >= 0.6 is 0 Å². The first kappa shape index (κ1) is 13.3. The first-order chi connectivity index (χ1) is 8.74. The van der Waals surface area contributed by atoms with E-state index in [-0.39, 0.29) is 12.1 Å². The second-order valence-electron chi connectivity index (χ2n) is 5.11. The zero-order valence-electron chi connectivity index (χ0n) is 11.4. The van der Waals surface area contributed by atoms with E-state index < -0.39 is 0 Å². The lowest BCUT2D eigenvalue weighted by molar-refractivity contribution is -0.125. The van der Waals surface area contributed by atoms with Crippen LogP contribution in [0.3, 0.4) is 0 Å². The monoisotopic (exact) mass is 249 g/mol. The standard InChI is InChI=1S/C15H23NO2/c1-3-4-5-6-7-8-13-11(2)14(17)12-9-10-16-15(12)18-13/h3-4,12,15-16H,5-10H2,1-2H3/b4-3+/t12-,15+/m0/s1. The molecule has 18 heavy (non-hydrogen) atoms. The molecule has 0 aromatic rings. The molecule has 2 heterocycles. The van der Waals surface area contributed by atoms with Gasteiger partial charge in [-0.2, -0.15) is 0 Å². The van der Waals surface area contributed by atoms with Gasteiger partial charge in [-0.1, -0.05) is 12.2 Å². The molecule has 2 atom stereocenters. The summed E-state index contributed by atoms with van der Waals surface area (Å²) in [4.78, 5) is 12.2. The number of hydrogen-bond donors (Lipinski definition) is 1. The lowest BCUT2D eigenvalue weighted by Gasteiger charge is -2.28. The van der Waals surface area contributed by atoms with Gasteiger partial charge in [0.1, 0.15) is 5.76 Å². The summed E-state index contributed by atoms with van der Waals surface area (Å²) in [6.45, 7) is 4.85. The molecule has 100 valence electrons. The first-order valence-electron chi connectivity index (χ1n) is 6.99.